The summed E-state index contributed by atoms with van der Waals surface area (Å²) in [6, 6.07) is 19.5. The summed E-state index contributed by atoms with van der Waals surface area (Å²) in [7, 11) is 6.43. The molecule has 0 amide bonds. The van der Waals surface area contributed by atoms with Gasteiger partial charge in [0.05, 0.1) is 45.9 Å². The van der Waals surface area contributed by atoms with E-state index >= 15 is 0 Å². The normalized spacial score (nSPS) is 18.7. The number of hydrogen-bond acceptors (Lipinski definition) is 7. The zero-order chi connectivity index (χ0) is 25.2. The van der Waals surface area contributed by atoms with E-state index in [1.807, 2.05) is 60.7 Å². The van der Waals surface area contributed by atoms with Crippen LogP contribution in [0.4, 0.5) is 11.4 Å². The van der Waals surface area contributed by atoms with Gasteiger partial charge >= 0.3 is 0 Å². The van der Waals surface area contributed by atoms with E-state index in [1.165, 1.54) is 0 Å². The number of allylic oxidation sites excluding steroid dienone is 1. The van der Waals surface area contributed by atoms with Crippen molar-refractivity contribution in [3.63, 3.8) is 0 Å². The number of carbonyl (C=O) groups is 1. The van der Waals surface area contributed by atoms with Crippen molar-refractivity contribution in [2.45, 2.75) is 24.8 Å². The van der Waals surface area contributed by atoms with Crippen LogP contribution in [0, 0.1) is 0 Å². The van der Waals surface area contributed by atoms with Crippen LogP contribution < -0.4 is 29.6 Å². The maximum Gasteiger partial charge on any atom is 0.203 e. The van der Waals surface area contributed by atoms with Crippen LogP contribution in [0.15, 0.2) is 71.9 Å². The lowest BCUT2D eigenvalue weighted by molar-refractivity contribution is -0.116. The fraction of sp³-hybridized carbons (Fsp3) is 0.276. The molecule has 1 heterocycles. The van der Waals surface area contributed by atoms with Crippen LogP contribution in [0.25, 0.3) is 0 Å². The van der Waals surface area contributed by atoms with E-state index in [-0.39, 0.29) is 17.7 Å². The number of para-hydroxylation sites is 2. The number of methoxy groups -OCH3 is 4. The van der Waals surface area contributed by atoms with E-state index in [2.05, 4.69) is 10.6 Å². The summed E-state index contributed by atoms with van der Waals surface area (Å²) in [6.45, 7) is 0. The fourth-order valence-corrected chi connectivity index (χ4v) is 5.14. The highest BCUT2D eigenvalue weighted by atomic mass is 16.5. The average molecular weight is 487 g/mol. The standard InChI is InChI=1S/C29H30N2O5/c1-33-20-9-7-8-17(12-20)28-27-23(30-21-10-5-6-11-22(21)31-28)13-18(14-24(27)32)19-15-25(34-2)29(36-4)26(16-19)35-3/h5-12,15-16,18,28,30-31H,13-14H2,1-4H3/t18-,28+/m1/s1. The maximum atomic E-state index is 13.8. The zero-order valence-electron chi connectivity index (χ0n) is 20.9. The minimum atomic E-state index is -0.306. The van der Waals surface area contributed by atoms with Gasteiger partial charge in [-0.25, -0.2) is 0 Å². The molecule has 0 unspecified atom stereocenters. The molecular formula is C29H30N2O5. The van der Waals surface area contributed by atoms with Crippen molar-refractivity contribution in [3.05, 3.63) is 83.1 Å². The zero-order valence-corrected chi connectivity index (χ0v) is 20.9. The van der Waals surface area contributed by atoms with Crippen LogP contribution >= 0.6 is 0 Å². The molecule has 0 saturated heterocycles. The molecule has 5 rings (SSSR count). The summed E-state index contributed by atoms with van der Waals surface area (Å²) in [5, 5.41) is 7.19. The Labute approximate surface area is 211 Å². The quantitative estimate of drug-likeness (QED) is 0.463. The number of nitrogens with one attached hydrogen (secondary N) is 2. The smallest absolute Gasteiger partial charge is 0.203 e. The lowest BCUT2D eigenvalue weighted by Gasteiger charge is -2.30. The maximum absolute atomic E-state index is 13.8. The number of hydrogen-bond donors (Lipinski definition) is 2. The van der Waals surface area contributed by atoms with Gasteiger partial charge in [0.25, 0.3) is 0 Å². The molecule has 0 bridgehead atoms. The van der Waals surface area contributed by atoms with Gasteiger partial charge in [-0.15, -0.1) is 0 Å². The van der Waals surface area contributed by atoms with Crippen LogP contribution in [0.5, 0.6) is 23.0 Å². The first-order chi connectivity index (χ1) is 17.6. The van der Waals surface area contributed by atoms with E-state index in [0.29, 0.717) is 30.1 Å². The molecule has 36 heavy (non-hydrogen) atoms. The first-order valence-corrected chi connectivity index (χ1v) is 11.9. The lowest BCUT2D eigenvalue weighted by Crippen LogP contribution is -2.27. The van der Waals surface area contributed by atoms with Crippen molar-refractivity contribution in [1.29, 1.82) is 0 Å². The second kappa shape index (κ2) is 9.85. The number of anilines is 2. The molecule has 3 aromatic rings. The third-order valence-corrected chi connectivity index (χ3v) is 6.89. The summed E-state index contributed by atoms with van der Waals surface area (Å²) in [4.78, 5) is 13.8. The Bertz CT molecular complexity index is 1310. The van der Waals surface area contributed by atoms with E-state index < -0.39 is 0 Å². The third-order valence-electron chi connectivity index (χ3n) is 6.89. The second-order valence-electron chi connectivity index (χ2n) is 8.90. The Hall–Kier alpha value is -4.13. The molecule has 0 fully saturated rings. The van der Waals surface area contributed by atoms with Crippen LogP contribution in [-0.2, 0) is 4.79 Å². The SMILES string of the molecule is COc1cccc([C@@H]2Nc3ccccc3NC3=C2C(=O)C[C@H](c2cc(OC)c(OC)c(OC)c2)C3)c1. The number of Topliss-reactive ketones (excluding diaryl/α,β-unsaturated/α-hetero) is 1. The number of ether oxygens (including phenoxy) is 4. The molecule has 7 heteroatoms. The van der Waals surface area contributed by atoms with Crippen molar-refractivity contribution in [2.24, 2.45) is 0 Å². The number of carbonyl (C=O) groups excluding carboxylic acids is 1. The second-order valence-corrected chi connectivity index (χ2v) is 8.90. The first-order valence-electron chi connectivity index (χ1n) is 11.9. The highest BCUT2D eigenvalue weighted by Crippen LogP contribution is 2.47. The minimum absolute atomic E-state index is 0.0475. The van der Waals surface area contributed by atoms with Crippen molar-refractivity contribution < 1.29 is 23.7 Å². The van der Waals surface area contributed by atoms with E-state index in [9.17, 15) is 4.79 Å². The topological polar surface area (TPSA) is 78.1 Å². The third kappa shape index (κ3) is 4.21. The molecule has 1 aliphatic heterocycles. The van der Waals surface area contributed by atoms with Gasteiger partial charge in [-0.2, -0.15) is 0 Å². The van der Waals surface area contributed by atoms with Gasteiger partial charge in [0.15, 0.2) is 17.3 Å². The summed E-state index contributed by atoms with van der Waals surface area (Å²) < 4.78 is 22.1. The number of ketones is 1. The molecule has 186 valence electrons. The Morgan fingerprint density at radius 2 is 1.47 bits per heavy atom. The monoisotopic (exact) mass is 486 g/mol. The largest absolute Gasteiger partial charge is 0.497 e. The number of benzene rings is 3. The summed E-state index contributed by atoms with van der Waals surface area (Å²) in [5.74, 6) is 2.49. The first kappa shape index (κ1) is 23.6. The highest BCUT2D eigenvalue weighted by molar-refractivity contribution is 6.01. The molecule has 1 aliphatic carbocycles. The molecule has 0 radical (unpaired) electrons. The molecule has 2 aliphatic rings. The van der Waals surface area contributed by atoms with E-state index in [0.717, 1.165) is 39.5 Å². The van der Waals surface area contributed by atoms with Gasteiger partial charge in [0.1, 0.15) is 5.75 Å². The van der Waals surface area contributed by atoms with Crippen LogP contribution in [-0.4, -0.2) is 34.2 Å². The summed E-state index contributed by atoms with van der Waals surface area (Å²) in [6.07, 6.45) is 1.04. The molecule has 7 nitrogen and oxygen atoms in total. The summed E-state index contributed by atoms with van der Waals surface area (Å²) >= 11 is 0. The van der Waals surface area contributed by atoms with Crippen LogP contribution in [0.3, 0.4) is 0 Å². The molecule has 2 atom stereocenters. The van der Waals surface area contributed by atoms with E-state index in [1.54, 1.807) is 28.4 Å². The predicted molar refractivity (Wildman–Crippen MR) is 140 cm³/mol. The van der Waals surface area contributed by atoms with Gasteiger partial charge in [-0.1, -0.05) is 24.3 Å². The van der Waals surface area contributed by atoms with Crippen LogP contribution in [0.1, 0.15) is 35.9 Å². The Morgan fingerprint density at radius 1 is 0.750 bits per heavy atom. The van der Waals surface area contributed by atoms with Gasteiger partial charge < -0.3 is 29.6 Å². The number of fused-ring (bicyclic) bond motifs is 1. The Balaban J connectivity index is 1.60. The van der Waals surface area contributed by atoms with E-state index in [4.69, 9.17) is 18.9 Å². The Morgan fingerprint density at radius 3 is 2.14 bits per heavy atom. The highest BCUT2D eigenvalue weighted by Gasteiger charge is 2.36. The molecule has 3 aromatic carbocycles. The molecular weight excluding hydrogens is 456 g/mol. The summed E-state index contributed by atoms with van der Waals surface area (Å²) in [5.41, 5.74) is 5.48. The Kier molecular flexibility index (Phi) is 6.46. The van der Waals surface area contributed by atoms with Crippen molar-refractivity contribution in [3.8, 4) is 23.0 Å². The van der Waals surface area contributed by atoms with Crippen molar-refractivity contribution >= 4 is 17.2 Å². The molecule has 0 spiro atoms. The van der Waals surface area contributed by atoms with Crippen molar-refractivity contribution in [2.75, 3.05) is 39.1 Å². The lowest BCUT2D eigenvalue weighted by atomic mass is 9.78. The minimum Gasteiger partial charge on any atom is -0.497 e. The van der Waals surface area contributed by atoms with Gasteiger partial charge in [0.2, 0.25) is 5.75 Å². The molecule has 0 aromatic heterocycles. The van der Waals surface area contributed by atoms with Crippen molar-refractivity contribution in [1.82, 2.24) is 0 Å². The van der Waals surface area contributed by atoms with Gasteiger partial charge in [0, 0.05) is 17.7 Å². The van der Waals surface area contributed by atoms with Gasteiger partial charge in [-0.3, -0.25) is 4.79 Å². The average Bonchev–Trinajstić information content (AvgIpc) is 3.09. The molecule has 0 saturated carbocycles. The number of rotatable bonds is 6. The van der Waals surface area contributed by atoms with Crippen LogP contribution in [0.2, 0.25) is 0 Å². The predicted octanol–water partition coefficient (Wildman–Crippen LogP) is 5.70. The fourth-order valence-electron chi connectivity index (χ4n) is 5.14. The molecule has 2 N–H and O–H groups in total. The van der Waals surface area contributed by atoms with Gasteiger partial charge in [-0.05, 0) is 59.9 Å².